The molecular weight excluding hydrogens is 364 g/mol. The van der Waals surface area contributed by atoms with Crippen LogP contribution >= 0.6 is 11.6 Å². The number of carbonyl (C=O) groups is 2. The van der Waals surface area contributed by atoms with Gasteiger partial charge in [-0.3, -0.25) is 9.59 Å². The summed E-state index contributed by atoms with van der Waals surface area (Å²) in [6, 6.07) is 17.9. The summed E-state index contributed by atoms with van der Waals surface area (Å²) in [6.07, 6.45) is 0. The third-order valence-corrected chi connectivity index (χ3v) is 4.32. The van der Waals surface area contributed by atoms with Crippen LogP contribution in [0.25, 0.3) is 10.8 Å². The van der Waals surface area contributed by atoms with Gasteiger partial charge < -0.3 is 15.0 Å². The van der Waals surface area contributed by atoms with Gasteiger partial charge in [0, 0.05) is 41.1 Å². The van der Waals surface area contributed by atoms with E-state index in [0.29, 0.717) is 22.0 Å². The number of fused-ring (bicyclic) bond motifs is 1. The zero-order valence-corrected chi connectivity index (χ0v) is 15.8. The third-order valence-electron chi connectivity index (χ3n) is 3.99. The molecule has 1 N–H and O–H groups in total. The van der Waals surface area contributed by atoms with E-state index in [0.717, 1.165) is 10.8 Å². The van der Waals surface area contributed by atoms with Crippen LogP contribution < -0.4 is 10.1 Å². The number of ether oxygens (including phenoxy) is 1. The highest BCUT2D eigenvalue weighted by atomic mass is 35.5. The van der Waals surface area contributed by atoms with Crippen molar-refractivity contribution < 1.29 is 14.3 Å². The zero-order valence-electron chi connectivity index (χ0n) is 15.0. The Bertz CT molecular complexity index is 1000. The molecule has 0 aromatic heterocycles. The van der Waals surface area contributed by atoms with Gasteiger partial charge in [-0.2, -0.15) is 0 Å². The maximum absolute atomic E-state index is 12.2. The Hall–Kier alpha value is -3.05. The SMILES string of the molecule is CN(C)C(=O)c1cccc(NC(=O)COc2ccc(Cl)c3ccccc23)c1. The van der Waals surface area contributed by atoms with Crippen LogP contribution in [0.15, 0.2) is 60.7 Å². The van der Waals surface area contributed by atoms with Gasteiger partial charge in [-0.25, -0.2) is 0 Å². The van der Waals surface area contributed by atoms with Crippen LogP contribution in [-0.2, 0) is 4.79 Å². The Morgan fingerprint density at radius 3 is 2.48 bits per heavy atom. The van der Waals surface area contributed by atoms with Gasteiger partial charge in [0.15, 0.2) is 6.61 Å². The number of halogens is 1. The normalized spacial score (nSPS) is 10.5. The number of carbonyl (C=O) groups excluding carboxylic acids is 2. The minimum absolute atomic E-state index is 0.130. The second kappa shape index (κ2) is 8.10. The molecule has 0 saturated carbocycles. The standard InChI is InChI=1S/C21H19ClN2O3/c1-24(2)21(26)14-6-5-7-15(12-14)23-20(25)13-27-19-11-10-18(22)16-8-3-4-9-17(16)19/h3-12H,13H2,1-2H3,(H,23,25). The van der Waals surface area contributed by atoms with E-state index in [1.165, 1.54) is 4.90 Å². The van der Waals surface area contributed by atoms with E-state index in [-0.39, 0.29) is 18.4 Å². The molecule has 3 aromatic carbocycles. The van der Waals surface area contributed by atoms with Gasteiger partial charge in [0.1, 0.15) is 5.75 Å². The van der Waals surface area contributed by atoms with E-state index >= 15 is 0 Å². The van der Waals surface area contributed by atoms with Crippen molar-refractivity contribution in [2.24, 2.45) is 0 Å². The van der Waals surface area contributed by atoms with Gasteiger partial charge >= 0.3 is 0 Å². The van der Waals surface area contributed by atoms with Crippen molar-refractivity contribution in [1.29, 1.82) is 0 Å². The Labute approximate surface area is 162 Å². The number of anilines is 1. The van der Waals surface area contributed by atoms with Gasteiger partial charge in [0.05, 0.1) is 0 Å². The van der Waals surface area contributed by atoms with E-state index < -0.39 is 0 Å². The number of nitrogens with one attached hydrogen (secondary N) is 1. The molecule has 0 unspecified atom stereocenters. The van der Waals surface area contributed by atoms with Gasteiger partial charge in [0.25, 0.3) is 11.8 Å². The van der Waals surface area contributed by atoms with E-state index in [1.54, 1.807) is 50.5 Å². The lowest BCUT2D eigenvalue weighted by atomic mass is 10.1. The molecule has 0 atom stereocenters. The minimum atomic E-state index is -0.316. The molecule has 6 heteroatoms. The molecule has 27 heavy (non-hydrogen) atoms. The molecule has 3 rings (SSSR count). The largest absolute Gasteiger partial charge is 0.483 e. The van der Waals surface area contributed by atoms with Crippen molar-refractivity contribution in [3.63, 3.8) is 0 Å². The van der Waals surface area contributed by atoms with Crippen LogP contribution in [0.4, 0.5) is 5.69 Å². The van der Waals surface area contributed by atoms with Crippen LogP contribution in [0.2, 0.25) is 5.02 Å². The zero-order chi connectivity index (χ0) is 19.4. The van der Waals surface area contributed by atoms with Crippen molar-refractivity contribution in [2.75, 3.05) is 26.0 Å². The Kier molecular flexibility index (Phi) is 5.62. The van der Waals surface area contributed by atoms with Crippen LogP contribution in [0.5, 0.6) is 5.75 Å². The van der Waals surface area contributed by atoms with Gasteiger partial charge in [-0.15, -0.1) is 0 Å². The van der Waals surface area contributed by atoms with Gasteiger partial charge in [-0.05, 0) is 30.3 Å². The van der Waals surface area contributed by atoms with Crippen molar-refractivity contribution in [3.05, 3.63) is 71.2 Å². The molecule has 3 aromatic rings. The topological polar surface area (TPSA) is 58.6 Å². The second-order valence-corrected chi connectivity index (χ2v) is 6.62. The average molecular weight is 383 g/mol. The summed E-state index contributed by atoms with van der Waals surface area (Å²) in [4.78, 5) is 25.8. The predicted octanol–water partition coefficient (Wildman–Crippen LogP) is 4.21. The van der Waals surface area contributed by atoms with Crippen LogP contribution in [0.1, 0.15) is 10.4 Å². The minimum Gasteiger partial charge on any atom is -0.483 e. The molecule has 2 amide bonds. The summed E-state index contributed by atoms with van der Waals surface area (Å²) >= 11 is 6.20. The number of amides is 2. The molecule has 5 nitrogen and oxygen atoms in total. The maximum Gasteiger partial charge on any atom is 0.262 e. The van der Waals surface area contributed by atoms with Crippen molar-refractivity contribution in [2.45, 2.75) is 0 Å². The van der Waals surface area contributed by atoms with Crippen LogP contribution in [-0.4, -0.2) is 37.4 Å². The first-order chi connectivity index (χ1) is 13.0. The highest BCUT2D eigenvalue weighted by molar-refractivity contribution is 6.35. The quantitative estimate of drug-likeness (QED) is 0.719. The first-order valence-electron chi connectivity index (χ1n) is 8.37. The summed E-state index contributed by atoms with van der Waals surface area (Å²) in [5.74, 6) is 0.139. The van der Waals surface area contributed by atoms with Gasteiger partial charge in [0.2, 0.25) is 0 Å². The van der Waals surface area contributed by atoms with Crippen molar-refractivity contribution in [3.8, 4) is 5.75 Å². The molecule has 0 aliphatic carbocycles. The molecule has 0 heterocycles. The molecule has 0 spiro atoms. The number of benzene rings is 3. The molecule has 138 valence electrons. The van der Waals surface area contributed by atoms with E-state index in [1.807, 2.05) is 24.3 Å². The maximum atomic E-state index is 12.2. The monoisotopic (exact) mass is 382 g/mol. The summed E-state index contributed by atoms with van der Waals surface area (Å²) in [5, 5.41) is 5.09. The fourth-order valence-corrected chi connectivity index (χ4v) is 2.92. The second-order valence-electron chi connectivity index (χ2n) is 6.21. The number of nitrogens with zero attached hydrogens (tertiary/aromatic N) is 1. The molecule has 0 saturated heterocycles. The smallest absolute Gasteiger partial charge is 0.262 e. The summed E-state index contributed by atoms with van der Waals surface area (Å²) < 4.78 is 5.68. The predicted molar refractivity (Wildman–Crippen MR) is 108 cm³/mol. The van der Waals surface area contributed by atoms with Crippen LogP contribution in [0.3, 0.4) is 0 Å². The highest BCUT2D eigenvalue weighted by Gasteiger charge is 2.11. The molecule has 0 aliphatic rings. The number of hydrogen-bond donors (Lipinski definition) is 1. The van der Waals surface area contributed by atoms with Gasteiger partial charge in [-0.1, -0.05) is 41.9 Å². The Morgan fingerprint density at radius 1 is 1.00 bits per heavy atom. The van der Waals surface area contributed by atoms with E-state index in [4.69, 9.17) is 16.3 Å². The van der Waals surface area contributed by atoms with E-state index in [2.05, 4.69) is 5.32 Å². The molecule has 0 fully saturated rings. The lowest BCUT2D eigenvalue weighted by molar-refractivity contribution is -0.118. The first kappa shape index (κ1) is 18.7. The lowest BCUT2D eigenvalue weighted by Crippen LogP contribution is -2.23. The highest BCUT2D eigenvalue weighted by Crippen LogP contribution is 2.31. The summed E-state index contributed by atoms with van der Waals surface area (Å²) in [5.41, 5.74) is 1.04. The fourth-order valence-electron chi connectivity index (χ4n) is 2.69. The third kappa shape index (κ3) is 4.38. The molecule has 0 bridgehead atoms. The molecule has 0 aliphatic heterocycles. The van der Waals surface area contributed by atoms with E-state index in [9.17, 15) is 9.59 Å². The van der Waals surface area contributed by atoms with Crippen molar-refractivity contribution in [1.82, 2.24) is 4.90 Å². The van der Waals surface area contributed by atoms with Crippen molar-refractivity contribution >= 4 is 39.9 Å². The average Bonchev–Trinajstić information content (AvgIpc) is 2.67. The van der Waals surface area contributed by atoms with Crippen LogP contribution in [0, 0.1) is 0 Å². The lowest BCUT2D eigenvalue weighted by Gasteiger charge is -2.12. The fraction of sp³-hybridized carbons (Fsp3) is 0.143. The number of rotatable bonds is 5. The summed E-state index contributed by atoms with van der Waals surface area (Å²) in [7, 11) is 3.36. The summed E-state index contributed by atoms with van der Waals surface area (Å²) in [6.45, 7) is -0.155. The Balaban J connectivity index is 1.68. The Morgan fingerprint density at radius 2 is 1.74 bits per heavy atom. The molecule has 0 radical (unpaired) electrons. The molecular formula is C21H19ClN2O3. The number of hydrogen-bond acceptors (Lipinski definition) is 3. The first-order valence-corrected chi connectivity index (χ1v) is 8.75.